The van der Waals surface area contributed by atoms with Crippen molar-refractivity contribution in [2.45, 2.75) is 20.3 Å². The molecule has 0 atom stereocenters. The molecule has 0 unspecified atom stereocenters. The van der Waals surface area contributed by atoms with Crippen LogP contribution >= 0.6 is 0 Å². The van der Waals surface area contributed by atoms with Gasteiger partial charge in [0.1, 0.15) is 11.5 Å². The Hall–Kier alpha value is -3.02. The summed E-state index contributed by atoms with van der Waals surface area (Å²) in [7, 11) is 0. The third-order valence-electron chi connectivity index (χ3n) is 5.00. The molecule has 29 heavy (non-hydrogen) atoms. The number of nitrogens with zero attached hydrogens (tertiary/aromatic N) is 2. The summed E-state index contributed by atoms with van der Waals surface area (Å²) in [5.41, 5.74) is 1.73. The monoisotopic (exact) mass is 396 g/mol. The van der Waals surface area contributed by atoms with Crippen molar-refractivity contribution in [1.82, 2.24) is 4.90 Å². The van der Waals surface area contributed by atoms with E-state index < -0.39 is 0 Å². The number of para-hydroxylation sites is 2. The third-order valence-corrected chi connectivity index (χ3v) is 5.00. The van der Waals surface area contributed by atoms with E-state index in [4.69, 9.17) is 9.47 Å². The zero-order valence-corrected chi connectivity index (χ0v) is 17.1. The molecule has 1 fully saturated rings. The van der Waals surface area contributed by atoms with Crippen LogP contribution in [0.3, 0.4) is 0 Å². The summed E-state index contributed by atoms with van der Waals surface area (Å²) in [6.07, 6.45) is 0.472. The fraction of sp³-hybridized carbons (Fsp3) is 0.391. The van der Waals surface area contributed by atoms with Gasteiger partial charge in [-0.05, 0) is 43.3 Å². The average molecular weight is 396 g/mol. The first kappa shape index (κ1) is 20.7. The van der Waals surface area contributed by atoms with Gasteiger partial charge in [0.15, 0.2) is 12.4 Å². The predicted octanol–water partition coefficient (Wildman–Crippen LogP) is 3.41. The molecule has 0 aliphatic carbocycles. The van der Waals surface area contributed by atoms with E-state index in [1.54, 1.807) is 24.3 Å². The van der Waals surface area contributed by atoms with Crippen molar-refractivity contribution in [3.8, 4) is 11.5 Å². The molecule has 1 aliphatic rings. The maximum absolute atomic E-state index is 12.5. The number of ketones is 1. The van der Waals surface area contributed by atoms with Gasteiger partial charge in [0.2, 0.25) is 0 Å². The lowest BCUT2D eigenvalue weighted by molar-refractivity contribution is -0.133. The standard InChI is InChI=1S/C23H28N2O4/c1-3-21(26)18-9-11-19(12-10-18)29-17-23(27)25-15-13-24(14-16-25)20-7-5-6-8-22(20)28-4-2/h5-12H,3-4,13-17H2,1-2H3. The van der Waals surface area contributed by atoms with Crippen molar-refractivity contribution in [1.29, 1.82) is 0 Å². The minimum Gasteiger partial charge on any atom is -0.492 e. The molecule has 1 saturated heterocycles. The molecule has 0 bridgehead atoms. The summed E-state index contributed by atoms with van der Waals surface area (Å²) >= 11 is 0. The molecule has 0 saturated carbocycles. The summed E-state index contributed by atoms with van der Waals surface area (Å²) in [5, 5.41) is 0. The zero-order valence-electron chi connectivity index (χ0n) is 17.1. The minimum atomic E-state index is -0.0311. The van der Waals surface area contributed by atoms with Crippen LogP contribution in [0.1, 0.15) is 30.6 Å². The Morgan fingerprint density at radius 1 is 0.897 bits per heavy atom. The third kappa shape index (κ3) is 5.28. The Morgan fingerprint density at radius 3 is 2.24 bits per heavy atom. The Kier molecular flexibility index (Phi) is 7.11. The fourth-order valence-electron chi connectivity index (χ4n) is 3.37. The van der Waals surface area contributed by atoms with Gasteiger partial charge in [-0.2, -0.15) is 0 Å². The lowest BCUT2D eigenvalue weighted by atomic mass is 10.1. The highest BCUT2D eigenvalue weighted by Crippen LogP contribution is 2.28. The van der Waals surface area contributed by atoms with Crippen LogP contribution in [0.2, 0.25) is 0 Å². The number of carbonyl (C=O) groups is 2. The SMILES string of the molecule is CCOc1ccccc1N1CCN(C(=O)COc2ccc(C(=O)CC)cc2)CC1. The molecule has 154 valence electrons. The van der Waals surface area contributed by atoms with Gasteiger partial charge < -0.3 is 19.3 Å². The van der Waals surface area contributed by atoms with Crippen LogP contribution in [0, 0.1) is 0 Å². The summed E-state index contributed by atoms with van der Waals surface area (Å²) in [6, 6.07) is 14.9. The van der Waals surface area contributed by atoms with Crippen molar-refractivity contribution < 1.29 is 19.1 Å². The number of rotatable bonds is 8. The van der Waals surface area contributed by atoms with Gasteiger partial charge in [0.25, 0.3) is 5.91 Å². The Labute approximate surface area is 172 Å². The minimum absolute atomic E-state index is 0.00337. The van der Waals surface area contributed by atoms with E-state index in [-0.39, 0.29) is 18.3 Å². The second kappa shape index (κ2) is 9.96. The van der Waals surface area contributed by atoms with E-state index in [9.17, 15) is 9.59 Å². The summed E-state index contributed by atoms with van der Waals surface area (Å²) < 4.78 is 11.3. The lowest BCUT2D eigenvalue weighted by Gasteiger charge is -2.36. The van der Waals surface area contributed by atoms with Crippen molar-refractivity contribution in [2.75, 3.05) is 44.3 Å². The number of carbonyl (C=O) groups excluding carboxylic acids is 2. The van der Waals surface area contributed by atoms with Crippen molar-refractivity contribution in [3.05, 3.63) is 54.1 Å². The van der Waals surface area contributed by atoms with Crippen molar-refractivity contribution in [3.63, 3.8) is 0 Å². The summed E-state index contributed by atoms with van der Waals surface area (Å²) in [5.74, 6) is 1.53. The molecular formula is C23H28N2O4. The Morgan fingerprint density at radius 2 is 1.59 bits per heavy atom. The first-order valence-electron chi connectivity index (χ1n) is 10.1. The molecule has 1 amide bonds. The van der Waals surface area contributed by atoms with Gasteiger partial charge in [-0.25, -0.2) is 0 Å². The van der Waals surface area contributed by atoms with Gasteiger partial charge in [-0.1, -0.05) is 19.1 Å². The molecule has 0 radical (unpaired) electrons. The van der Waals surface area contributed by atoms with Crippen LogP contribution in [0.5, 0.6) is 11.5 Å². The number of ether oxygens (including phenoxy) is 2. The van der Waals surface area contributed by atoms with Crippen LogP contribution in [-0.2, 0) is 4.79 Å². The maximum Gasteiger partial charge on any atom is 0.260 e. The smallest absolute Gasteiger partial charge is 0.260 e. The average Bonchev–Trinajstić information content (AvgIpc) is 2.78. The van der Waals surface area contributed by atoms with E-state index >= 15 is 0 Å². The largest absolute Gasteiger partial charge is 0.492 e. The molecule has 6 nitrogen and oxygen atoms in total. The molecule has 2 aromatic carbocycles. The van der Waals surface area contributed by atoms with Gasteiger partial charge in [0.05, 0.1) is 12.3 Å². The normalized spacial score (nSPS) is 13.9. The summed E-state index contributed by atoms with van der Waals surface area (Å²) in [6.45, 7) is 7.23. The first-order chi connectivity index (χ1) is 14.1. The topological polar surface area (TPSA) is 59.1 Å². The number of benzene rings is 2. The molecule has 0 N–H and O–H groups in total. The Bertz CT molecular complexity index is 827. The second-order valence-electron chi connectivity index (χ2n) is 6.86. The number of anilines is 1. The molecule has 0 aromatic heterocycles. The van der Waals surface area contributed by atoms with E-state index in [0.29, 0.717) is 37.4 Å². The molecule has 2 aromatic rings. The molecule has 1 heterocycles. The van der Waals surface area contributed by atoms with E-state index in [1.165, 1.54) is 0 Å². The van der Waals surface area contributed by atoms with Crippen LogP contribution < -0.4 is 14.4 Å². The number of hydrogen-bond donors (Lipinski definition) is 0. The quantitative estimate of drug-likeness (QED) is 0.640. The molecule has 3 rings (SSSR count). The lowest BCUT2D eigenvalue weighted by Crippen LogP contribution is -2.50. The van der Waals surface area contributed by atoms with Crippen molar-refractivity contribution in [2.24, 2.45) is 0 Å². The Balaban J connectivity index is 1.50. The molecule has 0 spiro atoms. The fourth-order valence-corrected chi connectivity index (χ4v) is 3.37. The van der Waals surface area contributed by atoms with Crippen LogP contribution in [-0.4, -0.2) is 56.0 Å². The predicted molar refractivity (Wildman–Crippen MR) is 113 cm³/mol. The highest BCUT2D eigenvalue weighted by Gasteiger charge is 2.23. The van der Waals surface area contributed by atoms with Gasteiger partial charge >= 0.3 is 0 Å². The van der Waals surface area contributed by atoms with E-state index in [2.05, 4.69) is 11.0 Å². The summed E-state index contributed by atoms with van der Waals surface area (Å²) in [4.78, 5) is 28.3. The van der Waals surface area contributed by atoms with E-state index in [1.807, 2.05) is 36.9 Å². The van der Waals surface area contributed by atoms with Crippen LogP contribution in [0.25, 0.3) is 0 Å². The zero-order chi connectivity index (χ0) is 20.6. The first-order valence-corrected chi connectivity index (χ1v) is 10.1. The molecule has 6 heteroatoms. The van der Waals surface area contributed by atoms with Crippen LogP contribution in [0.15, 0.2) is 48.5 Å². The number of piperazine rings is 1. The molecular weight excluding hydrogens is 368 g/mol. The molecule has 1 aliphatic heterocycles. The van der Waals surface area contributed by atoms with Crippen molar-refractivity contribution >= 4 is 17.4 Å². The number of Topliss-reactive ketones (excluding diaryl/α,β-unsaturated/α-hetero) is 1. The van der Waals surface area contributed by atoms with E-state index in [0.717, 1.165) is 24.5 Å². The number of hydrogen-bond acceptors (Lipinski definition) is 5. The highest BCUT2D eigenvalue weighted by molar-refractivity contribution is 5.95. The van der Waals surface area contributed by atoms with Gasteiger partial charge in [-0.15, -0.1) is 0 Å². The highest BCUT2D eigenvalue weighted by atomic mass is 16.5. The number of amides is 1. The second-order valence-corrected chi connectivity index (χ2v) is 6.86. The van der Waals surface area contributed by atoms with Gasteiger partial charge in [-0.3, -0.25) is 9.59 Å². The van der Waals surface area contributed by atoms with Crippen LogP contribution in [0.4, 0.5) is 5.69 Å². The van der Waals surface area contributed by atoms with Gasteiger partial charge in [0, 0.05) is 38.2 Å². The maximum atomic E-state index is 12.5.